The highest BCUT2D eigenvalue weighted by Gasteiger charge is 2.26. The molecule has 0 radical (unpaired) electrons. The highest BCUT2D eigenvalue weighted by Crippen LogP contribution is 2.31. The lowest BCUT2D eigenvalue weighted by atomic mass is 9.97. The minimum atomic E-state index is -0.632. The number of esters is 1. The maximum atomic E-state index is 12.5. The summed E-state index contributed by atoms with van der Waals surface area (Å²) >= 11 is 0. The van der Waals surface area contributed by atoms with E-state index in [1.165, 1.54) is 6.92 Å². The van der Waals surface area contributed by atoms with Gasteiger partial charge in [-0.1, -0.05) is 30.3 Å². The molecule has 0 spiro atoms. The number of benzene rings is 2. The Bertz CT molecular complexity index is 928. The van der Waals surface area contributed by atoms with Crippen LogP contribution in [0.4, 0.5) is 0 Å². The van der Waals surface area contributed by atoms with E-state index in [4.69, 9.17) is 4.74 Å². The molecule has 166 valence electrons. The zero-order valence-electron chi connectivity index (χ0n) is 19.2. The fraction of sp³-hybridized carbons (Fsp3) is 0.400. The summed E-state index contributed by atoms with van der Waals surface area (Å²) in [6, 6.07) is 13.7. The highest BCUT2D eigenvalue weighted by atomic mass is 16.5. The first kappa shape index (κ1) is 24.1. The summed E-state index contributed by atoms with van der Waals surface area (Å²) in [5.74, 6) is -1.08. The van der Waals surface area contributed by atoms with E-state index in [0.717, 1.165) is 22.3 Å². The molecule has 6 nitrogen and oxygen atoms in total. The zero-order valence-corrected chi connectivity index (χ0v) is 19.2. The Balaban J connectivity index is 2.21. The summed E-state index contributed by atoms with van der Waals surface area (Å²) in [5.41, 5.74) is 3.67. The van der Waals surface area contributed by atoms with E-state index in [0.29, 0.717) is 12.2 Å². The second kappa shape index (κ2) is 10.8. The molecule has 2 rings (SSSR count). The lowest BCUT2D eigenvalue weighted by Gasteiger charge is -2.30. The molecule has 0 aliphatic rings. The van der Waals surface area contributed by atoms with Crippen molar-refractivity contribution in [2.45, 2.75) is 60.0 Å². The van der Waals surface area contributed by atoms with Gasteiger partial charge in [-0.15, -0.1) is 0 Å². The summed E-state index contributed by atoms with van der Waals surface area (Å²) in [4.78, 5) is 38.1. The van der Waals surface area contributed by atoms with Crippen molar-refractivity contribution in [3.63, 3.8) is 0 Å². The minimum absolute atomic E-state index is 0.0703. The number of hydrogen-bond donors (Lipinski definition) is 1. The molecular formula is C25H32N2O4. The number of aryl methyl sites for hydroxylation is 1. The number of carbonyl (C=O) groups is 3. The fourth-order valence-corrected chi connectivity index (χ4v) is 3.69. The van der Waals surface area contributed by atoms with Crippen LogP contribution in [0.1, 0.15) is 45.7 Å². The number of nitrogens with one attached hydrogen (secondary N) is 1. The number of hydrogen-bond acceptors (Lipinski definition) is 4. The van der Waals surface area contributed by atoms with Crippen molar-refractivity contribution in [1.29, 1.82) is 0 Å². The van der Waals surface area contributed by atoms with Crippen LogP contribution in [-0.4, -0.2) is 41.3 Å². The molecule has 0 aliphatic carbocycles. The number of rotatable bonds is 7. The van der Waals surface area contributed by atoms with Crippen LogP contribution in [0.25, 0.3) is 11.1 Å². The monoisotopic (exact) mass is 424 g/mol. The van der Waals surface area contributed by atoms with Crippen LogP contribution < -0.4 is 10.1 Å². The number of carbonyl (C=O) groups excluding carboxylic acids is 3. The molecule has 0 saturated carbocycles. The fourth-order valence-electron chi connectivity index (χ4n) is 3.69. The summed E-state index contributed by atoms with van der Waals surface area (Å²) < 4.78 is 5.45. The van der Waals surface area contributed by atoms with Crippen molar-refractivity contribution >= 4 is 17.8 Å². The Morgan fingerprint density at radius 1 is 0.968 bits per heavy atom. The second-order valence-corrected chi connectivity index (χ2v) is 8.15. The van der Waals surface area contributed by atoms with Crippen LogP contribution in [-0.2, 0) is 20.8 Å². The normalized spacial score (nSPS) is 10.8. The lowest BCUT2D eigenvalue weighted by molar-refractivity contribution is -0.148. The third-order valence-electron chi connectivity index (χ3n) is 4.93. The first-order valence-corrected chi connectivity index (χ1v) is 10.6. The van der Waals surface area contributed by atoms with Gasteiger partial charge in [-0.2, -0.15) is 0 Å². The number of amides is 2. The van der Waals surface area contributed by atoms with Crippen LogP contribution in [0.2, 0.25) is 0 Å². The van der Waals surface area contributed by atoms with E-state index < -0.39 is 17.8 Å². The molecule has 1 N–H and O–H groups in total. The Kier molecular flexibility index (Phi) is 8.37. The summed E-state index contributed by atoms with van der Waals surface area (Å²) in [5, 5.41) is 2.71. The van der Waals surface area contributed by atoms with Gasteiger partial charge >= 0.3 is 17.8 Å². The Hall–Kier alpha value is -3.15. The van der Waals surface area contributed by atoms with Crippen molar-refractivity contribution in [2.75, 3.05) is 6.54 Å². The van der Waals surface area contributed by atoms with Crippen LogP contribution in [0, 0.1) is 6.92 Å². The average Bonchev–Trinajstić information content (AvgIpc) is 2.69. The predicted molar refractivity (Wildman–Crippen MR) is 122 cm³/mol. The van der Waals surface area contributed by atoms with Gasteiger partial charge in [0.25, 0.3) is 0 Å². The molecule has 2 amide bonds. The Morgan fingerprint density at radius 3 is 2.13 bits per heavy atom. The number of nitrogens with zero attached hydrogens (tertiary/aromatic N) is 1. The van der Waals surface area contributed by atoms with Crippen molar-refractivity contribution < 1.29 is 19.1 Å². The Morgan fingerprint density at radius 2 is 1.58 bits per heavy atom. The van der Waals surface area contributed by atoms with Gasteiger partial charge in [0.15, 0.2) is 0 Å². The zero-order chi connectivity index (χ0) is 23.1. The van der Waals surface area contributed by atoms with Gasteiger partial charge in [0, 0.05) is 25.6 Å². The van der Waals surface area contributed by atoms with Crippen LogP contribution >= 0.6 is 0 Å². The Labute approximate surface area is 184 Å². The van der Waals surface area contributed by atoms with E-state index in [1.54, 1.807) is 4.90 Å². The smallest absolute Gasteiger partial charge is 0.312 e. The molecular weight excluding hydrogens is 392 g/mol. The van der Waals surface area contributed by atoms with Crippen LogP contribution in [0.15, 0.2) is 42.5 Å². The largest absolute Gasteiger partial charge is 0.426 e. The minimum Gasteiger partial charge on any atom is -0.426 e. The van der Waals surface area contributed by atoms with Gasteiger partial charge in [0.05, 0.1) is 0 Å². The van der Waals surface area contributed by atoms with E-state index in [2.05, 4.69) is 5.32 Å². The molecule has 0 bridgehead atoms. The molecule has 0 aromatic heterocycles. The topological polar surface area (TPSA) is 75.7 Å². The third kappa shape index (κ3) is 6.41. The molecule has 0 heterocycles. The molecule has 0 aliphatic heterocycles. The second-order valence-electron chi connectivity index (χ2n) is 8.15. The summed E-state index contributed by atoms with van der Waals surface area (Å²) in [6.45, 7) is 11.0. The molecule has 0 fully saturated rings. The van der Waals surface area contributed by atoms with Gasteiger partial charge in [-0.25, -0.2) is 0 Å². The van der Waals surface area contributed by atoms with Crippen molar-refractivity contribution in [3.8, 4) is 16.9 Å². The standard InChI is InChI=1S/C25H32N2O4/c1-16(2)27(17(3)4)25(30)24(29)26-13-12-21-15-22(20-10-8-7-9-11-20)14-18(5)23(21)31-19(6)28/h7-11,14-17H,12-13H2,1-6H3,(H,26,29). The van der Waals surface area contributed by atoms with Gasteiger partial charge < -0.3 is 15.0 Å². The van der Waals surface area contributed by atoms with Crippen LogP contribution in [0.3, 0.4) is 0 Å². The third-order valence-corrected chi connectivity index (χ3v) is 4.93. The van der Waals surface area contributed by atoms with E-state index in [1.807, 2.05) is 77.1 Å². The first-order chi connectivity index (χ1) is 14.6. The molecule has 2 aromatic carbocycles. The molecule has 0 unspecified atom stereocenters. The number of ether oxygens (including phenoxy) is 1. The summed E-state index contributed by atoms with van der Waals surface area (Å²) in [7, 11) is 0. The average molecular weight is 425 g/mol. The van der Waals surface area contributed by atoms with E-state index in [9.17, 15) is 14.4 Å². The van der Waals surface area contributed by atoms with Crippen molar-refractivity contribution in [2.24, 2.45) is 0 Å². The van der Waals surface area contributed by atoms with Crippen LogP contribution in [0.5, 0.6) is 5.75 Å². The summed E-state index contributed by atoms with van der Waals surface area (Å²) in [6.07, 6.45) is 0.423. The van der Waals surface area contributed by atoms with E-state index in [-0.39, 0.29) is 18.6 Å². The predicted octanol–water partition coefficient (Wildman–Crippen LogP) is 3.89. The molecule has 0 saturated heterocycles. The maximum Gasteiger partial charge on any atom is 0.312 e. The molecule has 31 heavy (non-hydrogen) atoms. The van der Waals surface area contributed by atoms with Gasteiger partial charge in [-0.3, -0.25) is 14.4 Å². The molecule has 0 atom stereocenters. The van der Waals surface area contributed by atoms with E-state index >= 15 is 0 Å². The maximum absolute atomic E-state index is 12.5. The van der Waals surface area contributed by atoms with Gasteiger partial charge in [-0.05, 0) is 75.4 Å². The van der Waals surface area contributed by atoms with Crippen molar-refractivity contribution in [3.05, 3.63) is 53.6 Å². The first-order valence-electron chi connectivity index (χ1n) is 10.6. The molecule has 6 heteroatoms. The highest BCUT2D eigenvalue weighted by molar-refractivity contribution is 6.35. The van der Waals surface area contributed by atoms with Gasteiger partial charge in [0.1, 0.15) is 5.75 Å². The van der Waals surface area contributed by atoms with Crippen molar-refractivity contribution in [1.82, 2.24) is 10.2 Å². The SMILES string of the molecule is CC(=O)Oc1c(C)cc(-c2ccccc2)cc1CCNC(=O)C(=O)N(C(C)C)C(C)C. The lowest BCUT2D eigenvalue weighted by Crippen LogP contribution is -2.49. The molecule has 2 aromatic rings. The quantitative estimate of drug-likeness (QED) is 0.416. The van der Waals surface area contributed by atoms with Gasteiger partial charge in [0.2, 0.25) is 0 Å².